The van der Waals surface area contributed by atoms with Gasteiger partial charge in [-0.1, -0.05) is 25.1 Å². The quantitative estimate of drug-likeness (QED) is 0.694. The van der Waals surface area contributed by atoms with E-state index in [1.54, 1.807) is 6.07 Å². The molecule has 3 N–H and O–H groups in total. The number of alkyl halides is 3. The molecule has 0 amide bonds. The molecule has 1 aromatic carbocycles. The number of hydrogen-bond donors (Lipinski definition) is 3. The first kappa shape index (κ1) is 25.9. The van der Waals surface area contributed by atoms with Crippen molar-refractivity contribution in [1.82, 2.24) is 5.32 Å². The van der Waals surface area contributed by atoms with Gasteiger partial charge in [-0.3, -0.25) is 4.79 Å². The van der Waals surface area contributed by atoms with E-state index in [9.17, 15) is 18.0 Å². The molecular weight excluding hydrogens is 359 g/mol. The summed E-state index contributed by atoms with van der Waals surface area (Å²) in [6.07, 6.45) is -3.85. The van der Waals surface area contributed by atoms with Gasteiger partial charge in [-0.25, -0.2) is 0 Å². The van der Waals surface area contributed by atoms with Crippen molar-refractivity contribution in [2.24, 2.45) is 0 Å². The fraction of sp³-hybridized carbons (Fsp3) is 0.588. The maximum absolute atomic E-state index is 12.4. The molecule has 0 aliphatic rings. The van der Waals surface area contributed by atoms with Crippen molar-refractivity contribution in [2.45, 2.75) is 58.4 Å². The van der Waals surface area contributed by atoms with Crippen LogP contribution < -0.4 is 5.32 Å². The Balaban J connectivity index is 0. The van der Waals surface area contributed by atoms with Crippen molar-refractivity contribution in [3.8, 4) is 0 Å². The summed E-state index contributed by atoms with van der Waals surface area (Å²) >= 11 is 0. The van der Waals surface area contributed by atoms with Gasteiger partial charge < -0.3 is 15.5 Å². The van der Waals surface area contributed by atoms with E-state index in [1.165, 1.54) is 26.0 Å². The SMILES string of the molecule is CC(C)(O)CC(=O)O.CCNC(C)Cc1cccc(C(F)(F)F)c1.Cl. The summed E-state index contributed by atoms with van der Waals surface area (Å²) in [5.74, 6) is -0.975. The molecule has 1 rings (SSSR count). The van der Waals surface area contributed by atoms with Crippen molar-refractivity contribution < 1.29 is 28.2 Å². The molecule has 1 atom stereocenters. The number of rotatable bonds is 6. The molecule has 0 aliphatic heterocycles. The average molecular weight is 386 g/mol. The summed E-state index contributed by atoms with van der Waals surface area (Å²) in [6, 6.07) is 5.68. The molecule has 0 saturated heterocycles. The van der Waals surface area contributed by atoms with Gasteiger partial charge >= 0.3 is 12.1 Å². The fourth-order valence-corrected chi connectivity index (χ4v) is 2.02. The Morgan fingerprint density at radius 3 is 2.20 bits per heavy atom. The number of nitrogens with one attached hydrogen (secondary N) is 1. The second-order valence-electron chi connectivity index (χ2n) is 6.24. The van der Waals surface area contributed by atoms with Crippen molar-refractivity contribution in [2.75, 3.05) is 6.54 Å². The lowest BCUT2D eigenvalue weighted by molar-refractivity contribution is -0.141. The van der Waals surface area contributed by atoms with Crippen molar-refractivity contribution in [3.63, 3.8) is 0 Å². The van der Waals surface area contributed by atoms with Crippen LogP contribution in [0.3, 0.4) is 0 Å². The largest absolute Gasteiger partial charge is 0.481 e. The van der Waals surface area contributed by atoms with Crippen LogP contribution in [-0.4, -0.2) is 34.4 Å². The number of aliphatic carboxylic acids is 1. The zero-order chi connectivity index (χ0) is 19.0. The van der Waals surface area contributed by atoms with E-state index in [1.807, 2.05) is 13.8 Å². The number of carboxylic acids is 1. The number of likely N-dealkylation sites (N-methyl/N-ethyl adjacent to an activating group) is 1. The highest BCUT2D eigenvalue weighted by atomic mass is 35.5. The minimum absolute atomic E-state index is 0. The van der Waals surface area contributed by atoms with Gasteiger partial charge in [-0.05, 0) is 45.4 Å². The van der Waals surface area contributed by atoms with Crippen LogP contribution in [0.2, 0.25) is 0 Å². The van der Waals surface area contributed by atoms with Crippen molar-refractivity contribution >= 4 is 18.4 Å². The lowest BCUT2D eigenvalue weighted by Crippen LogP contribution is -2.27. The van der Waals surface area contributed by atoms with E-state index in [0.29, 0.717) is 12.0 Å². The average Bonchev–Trinajstić information content (AvgIpc) is 2.35. The maximum atomic E-state index is 12.4. The number of carbonyl (C=O) groups is 1. The first-order valence-electron chi connectivity index (χ1n) is 7.69. The number of benzene rings is 1. The number of aliphatic hydroxyl groups is 1. The number of halogens is 4. The Morgan fingerprint density at radius 2 is 1.84 bits per heavy atom. The zero-order valence-corrected chi connectivity index (χ0v) is 15.7. The third-order valence-corrected chi connectivity index (χ3v) is 2.93. The van der Waals surface area contributed by atoms with Crippen molar-refractivity contribution in [1.29, 1.82) is 0 Å². The van der Waals surface area contributed by atoms with Crippen LogP contribution in [-0.2, 0) is 17.4 Å². The summed E-state index contributed by atoms with van der Waals surface area (Å²) in [4.78, 5) is 9.85. The normalized spacial score (nSPS) is 12.5. The van der Waals surface area contributed by atoms with Crippen LogP contribution in [0.1, 0.15) is 45.2 Å². The molecular formula is C17H27ClF3NO3. The van der Waals surface area contributed by atoms with Gasteiger partial charge in [-0.15, -0.1) is 12.4 Å². The smallest absolute Gasteiger partial charge is 0.416 e. The van der Waals surface area contributed by atoms with Crippen LogP contribution in [0, 0.1) is 0 Å². The molecule has 0 radical (unpaired) electrons. The molecule has 1 unspecified atom stereocenters. The molecule has 146 valence electrons. The maximum Gasteiger partial charge on any atom is 0.416 e. The number of carboxylic acid groups (broad SMARTS) is 1. The second kappa shape index (κ2) is 11.3. The molecule has 0 fully saturated rings. The summed E-state index contributed by atoms with van der Waals surface area (Å²) in [5, 5.41) is 20.1. The Kier molecular flexibility index (Phi) is 11.8. The summed E-state index contributed by atoms with van der Waals surface area (Å²) in [7, 11) is 0. The zero-order valence-electron chi connectivity index (χ0n) is 14.9. The van der Waals surface area contributed by atoms with E-state index in [4.69, 9.17) is 10.2 Å². The van der Waals surface area contributed by atoms with Gasteiger partial charge in [0, 0.05) is 6.04 Å². The summed E-state index contributed by atoms with van der Waals surface area (Å²) in [6.45, 7) is 7.68. The first-order chi connectivity index (χ1) is 10.8. The molecule has 0 saturated carbocycles. The summed E-state index contributed by atoms with van der Waals surface area (Å²) in [5.41, 5.74) is -0.941. The molecule has 0 aliphatic carbocycles. The van der Waals surface area contributed by atoms with Gasteiger partial charge in [0.15, 0.2) is 0 Å². The molecule has 0 spiro atoms. The van der Waals surface area contributed by atoms with Gasteiger partial charge in [0.2, 0.25) is 0 Å². The van der Waals surface area contributed by atoms with Gasteiger partial charge in [0.1, 0.15) is 0 Å². The molecule has 4 nitrogen and oxygen atoms in total. The standard InChI is InChI=1S/C12H16F3N.C5H10O3.ClH/c1-3-16-9(2)7-10-5-4-6-11(8-10)12(13,14)15;1-5(2,8)3-4(6)7;/h4-6,8-9,16H,3,7H2,1-2H3;8H,3H2,1-2H3,(H,6,7);1H. The Hall–Kier alpha value is -1.31. The number of hydrogen-bond acceptors (Lipinski definition) is 3. The van der Waals surface area contributed by atoms with Gasteiger partial charge in [0.05, 0.1) is 17.6 Å². The minimum atomic E-state index is -4.25. The highest BCUT2D eigenvalue weighted by Gasteiger charge is 2.30. The lowest BCUT2D eigenvalue weighted by Gasteiger charge is -2.13. The van der Waals surface area contributed by atoms with E-state index in [0.717, 1.165) is 12.6 Å². The molecule has 0 heterocycles. The predicted molar refractivity (Wildman–Crippen MR) is 94.1 cm³/mol. The Bertz CT molecular complexity index is 517. The van der Waals surface area contributed by atoms with E-state index in [-0.39, 0.29) is 24.9 Å². The third-order valence-electron chi connectivity index (χ3n) is 2.93. The van der Waals surface area contributed by atoms with E-state index in [2.05, 4.69) is 5.32 Å². The topological polar surface area (TPSA) is 69.6 Å². The third kappa shape index (κ3) is 13.6. The van der Waals surface area contributed by atoms with E-state index >= 15 is 0 Å². The monoisotopic (exact) mass is 385 g/mol. The molecule has 25 heavy (non-hydrogen) atoms. The summed E-state index contributed by atoms with van der Waals surface area (Å²) < 4.78 is 37.3. The minimum Gasteiger partial charge on any atom is -0.481 e. The highest BCUT2D eigenvalue weighted by molar-refractivity contribution is 5.85. The van der Waals surface area contributed by atoms with E-state index < -0.39 is 23.3 Å². The van der Waals surface area contributed by atoms with Crippen LogP contribution >= 0.6 is 12.4 Å². The fourth-order valence-electron chi connectivity index (χ4n) is 2.02. The first-order valence-corrected chi connectivity index (χ1v) is 7.69. The van der Waals surface area contributed by atoms with Crippen molar-refractivity contribution in [3.05, 3.63) is 35.4 Å². The lowest BCUT2D eigenvalue weighted by atomic mass is 10.0. The Labute approximate surface area is 152 Å². The Morgan fingerprint density at radius 1 is 1.28 bits per heavy atom. The van der Waals surface area contributed by atoms with Crippen LogP contribution in [0.5, 0.6) is 0 Å². The van der Waals surface area contributed by atoms with Gasteiger partial charge in [-0.2, -0.15) is 13.2 Å². The second-order valence-corrected chi connectivity index (χ2v) is 6.24. The van der Waals surface area contributed by atoms with Crippen LogP contribution in [0.15, 0.2) is 24.3 Å². The molecule has 0 bridgehead atoms. The molecule has 0 aromatic heterocycles. The van der Waals surface area contributed by atoms with Crippen LogP contribution in [0.25, 0.3) is 0 Å². The highest BCUT2D eigenvalue weighted by Crippen LogP contribution is 2.29. The van der Waals surface area contributed by atoms with Crippen LogP contribution in [0.4, 0.5) is 13.2 Å². The molecule has 1 aromatic rings. The molecule has 8 heteroatoms. The predicted octanol–water partition coefficient (Wildman–Crippen LogP) is 3.90. The van der Waals surface area contributed by atoms with Gasteiger partial charge in [0.25, 0.3) is 0 Å².